The maximum absolute atomic E-state index is 14.8. The van der Waals surface area contributed by atoms with Gasteiger partial charge in [0.15, 0.2) is 11.5 Å². The molecule has 45 heavy (non-hydrogen) atoms. The number of alkyl halides is 2. The Bertz CT molecular complexity index is 1860. The molecule has 13 nitrogen and oxygen atoms in total. The van der Waals surface area contributed by atoms with Gasteiger partial charge in [0, 0.05) is 23.2 Å². The minimum absolute atomic E-state index is 0.0107. The molecule has 1 aliphatic heterocycles. The van der Waals surface area contributed by atoms with Gasteiger partial charge in [-0.2, -0.15) is 8.78 Å². The molecule has 1 amide bonds. The molecule has 6 N–H and O–H groups in total. The lowest BCUT2D eigenvalue weighted by atomic mass is 9.93. The molecule has 1 aliphatic rings. The van der Waals surface area contributed by atoms with Crippen molar-refractivity contribution in [3.8, 4) is 23.0 Å². The first-order chi connectivity index (χ1) is 21.3. The van der Waals surface area contributed by atoms with Gasteiger partial charge in [-0.25, -0.2) is 19.4 Å². The fourth-order valence-corrected chi connectivity index (χ4v) is 5.23. The second kappa shape index (κ2) is 11.4. The van der Waals surface area contributed by atoms with E-state index in [1.54, 1.807) is 0 Å². The summed E-state index contributed by atoms with van der Waals surface area (Å²) in [5.41, 5.74) is -2.36. The summed E-state index contributed by atoms with van der Waals surface area (Å²) in [6.45, 7) is -1.64. The summed E-state index contributed by atoms with van der Waals surface area (Å²) in [6, 6.07) is 4.22. The number of carbonyl (C=O) groups is 4. The highest BCUT2D eigenvalue weighted by Crippen LogP contribution is 2.46. The van der Waals surface area contributed by atoms with E-state index in [9.17, 15) is 58.0 Å². The number of nitrogens with zero attached hydrogens (tertiary/aromatic N) is 1. The number of aromatic carboxylic acids is 1. The van der Waals surface area contributed by atoms with E-state index in [1.807, 2.05) is 0 Å². The number of furan rings is 1. The number of fused-ring (bicyclic) bond motifs is 1. The average Bonchev–Trinajstić information content (AvgIpc) is 3.57. The molecule has 5 rings (SSSR count). The van der Waals surface area contributed by atoms with Crippen LogP contribution >= 0.6 is 0 Å². The number of rotatable bonds is 8. The average molecular weight is 630 g/mol. The van der Waals surface area contributed by atoms with E-state index in [2.05, 4.69) is 10.3 Å². The van der Waals surface area contributed by atoms with Crippen LogP contribution in [0.25, 0.3) is 11.0 Å². The van der Waals surface area contributed by atoms with E-state index < -0.39 is 99.8 Å². The Labute approximate surface area is 249 Å². The molecule has 2 atom stereocenters. The number of amides is 1. The van der Waals surface area contributed by atoms with Crippen molar-refractivity contribution >= 4 is 34.6 Å². The van der Waals surface area contributed by atoms with Crippen molar-refractivity contribution in [1.29, 1.82) is 0 Å². The minimum Gasteiger partial charge on any atom is -0.508 e. The molecule has 1 fully saturated rings. The Morgan fingerprint density at radius 1 is 0.911 bits per heavy atom. The van der Waals surface area contributed by atoms with E-state index in [4.69, 9.17) is 4.42 Å². The van der Waals surface area contributed by atoms with Crippen molar-refractivity contribution in [2.24, 2.45) is 0 Å². The Morgan fingerprint density at radius 3 is 2.22 bits per heavy atom. The predicted octanol–water partition coefficient (Wildman–Crippen LogP) is 3.40. The van der Waals surface area contributed by atoms with Gasteiger partial charge >= 0.3 is 18.0 Å². The number of hydrogen-bond acceptors (Lipinski definition) is 11. The number of halogens is 3. The van der Waals surface area contributed by atoms with Gasteiger partial charge < -0.3 is 35.3 Å². The lowest BCUT2D eigenvalue weighted by molar-refractivity contribution is -0.235. The Balaban J connectivity index is 1.62. The van der Waals surface area contributed by atoms with Crippen LogP contribution in [0.4, 0.5) is 13.3 Å². The van der Waals surface area contributed by atoms with E-state index in [0.29, 0.717) is 0 Å². The number of carboxylic acids is 1. The number of phenolic OH excluding ortho intramolecular Hbond substituents is 3. The standard InChI is InChI=1S/C29H21F3N2O11/c30-29(31,28(43)45-32)34-10-15(16(11-34)33-26(40)12-4-6-13(35)7-5-12)25-24(39)22-19(44-25)9-8-18(37)21(22)23(38)20-14(27(41)42)2-1-3-17(20)36/h1-9,15-16,35-37,39H,10-11H2,(H,33,40)(H,41,42). The number of aromatic hydroxyl groups is 4. The smallest absolute Gasteiger partial charge is 0.434 e. The zero-order valence-electron chi connectivity index (χ0n) is 22.5. The number of ketones is 1. The van der Waals surface area contributed by atoms with Gasteiger partial charge in [0.2, 0.25) is 5.78 Å². The van der Waals surface area contributed by atoms with Gasteiger partial charge in [-0.15, -0.1) is 0 Å². The molecule has 16 heteroatoms. The summed E-state index contributed by atoms with van der Waals surface area (Å²) in [5, 5.41) is 53.3. The second-order valence-corrected chi connectivity index (χ2v) is 10.0. The lowest BCUT2D eigenvalue weighted by Crippen LogP contribution is -2.48. The molecule has 0 saturated carbocycles. The number of nitrogens with one attached hydrogen (secondary N) is 1. The maximum atomic E-state index is 14.8. The first kappa shape index (κ1) is 30.7. The van der Waals surface area contributed by atoms with Crippen LogP contribution in [0.15, 0.2) is 59.0 Å². The third-order valence-corrected chi connectivity index (χ3v) is 7.38. The number of phenols is 3. The fraction of sp³-hybridized carbons (Fsp3) is 0.172. The summed E-state index contributed by atoms with van der Waals surface area (Å²) >= 11 is 0. The summed E-state index contributed by atoms with van der Waals surface area (Å²) in [4.78, 5) is 52.8. The maximum Gasteiger partial charge on any atom is 0.434 e. The summed E-state index contributed by atoms with van der Waals surface area (Å²) in [5.74, 6) is -10.7. The van der Waals surface area contributed by atoms with Crippen LogP contribution in [0.3, 0.4) is 0 Å². The number of likely N-dealkylation sites (tertiary alicyclic amines) is 1. The first-order valence-electron chi connectivity index (χ1n) is 12.9. The Kier molecular flexibility index (Phi) is 7.76. The molecular formula is C29H21F3N2O11. The topological polar surface area (TPSA) is 207 Å². The van der Waals surface area contributed by atoms with Gasteiger partial charge in [0.05, 0.1) is 34.0 Å². The summed E-state index contributed by atoms with van der Waals surface area (Å²) in [6.07, 6.45) is 0. The monoisotopic (exact) mass is 630 g/mol. The van der Waals surface area contributed by atoms with Crippen LogP contribution in [-0.4, -0.2) is 79.2 Å². The number of benzene rings is 3. The molecule has 2 heterocycles. The molecule has 0 radical (unpaired) electrons. The quantitative estimate of drug-likeness (QED) is 0.122. The molecule has 2 unspecified atom stereocenters. The normalized spacial score (nSPS) is 16.9. The largest absolute Gasteiger partial charge is 0.508 e. The van der Waals surface area contributed by atoms with Gasteiger partial charge in [-0.05, 0) is 48.5 Å². The van der Waals surface area contributed by atoms with Crippen molar-refractivity contribution in [2.75, 3.05) is 13.1 Å². The molecule has 234 valence electrons. The fourth-order valence-electron chi connectivity index (χ4n) is 5.23. The Hall–Kier alpha value is -5.77. The second-order valence-electron chi connectivity index (χ2n) is 10.0. The van der Waals surface area contributed by atoms with Crippen molar-refractivity contribution < 1.29 is 67.4 Å². The molecule has 4 aromatic rings. The molecule has 0 spiro atoms. The first-order valence-corrected chi connectivity index (χ1v) is 12.9. The van der Waals surface area contributed by atoms with Crippen molar-refractivity contribution in [2.45, 2.75) is 18.0 Å². The minimum atomic E-state index is -4.54. The van der Waals surface area contributed by atoms with E-state index >= 15 is 0 Å². The van der Waals surface area contributed by atoms with Crippen molar-refractivity contribution in [3.05, 3.63) is 82.6 Å². The molecule has 3 aromatic carbocycles. The van der Waals surface area contributed by atoms with E-state index in [-0.39, 0.29) is 21.8 Å². The van der Waals surface area contributed by atoms with Crippen LogP contribution < -0.4 is 5.32 Å². The highest BCUT2D eigenvalue weighted by molar-refractivity contribution is 6.23. The summed E-state index contributed by atoms with van der Waals surface area (Å²) in [7, 11) is 0. The molecule has 1 saturated heterocycles. The zero-order valence-corrected chi connectivity index (χ0v) is 22.5. The van der Waals surface area contributed by atoms with Gasteiger partial charge in [-0.3, -0.25) is 9.59 Å². The van der Waals surface area contributed by atoms with Gasteiger partial charge in [-0.1, -0.05) is 6.07 Å². The molecule has 1 aromatic heterocycles. The highest BCUT2D eigenvalue weighted by Gasteiger charge is 2.54. The van der Waals surface area contributed by atoms with E-state index in [1.165, 1.54) is 24.3 Å². The molecule has 0 bridgehead atoms. The number of carboxylic acid groups (broad SMARTS) is 1. The van der Waals surface area contributed by atoms with Crippen molar-refractivity contribution in [1.82, 2.24) is 10.2 Å². The Morgan fingerprint density at radius 2 is 1.58 bits per heavy atom. The van der Waals surface area contributed by atoms with Gasteiger partial charge in [0.1, 0.15) is 22.8 Å². The third-order valence-electron chi connectivity index (χ3n) is 7.38. The van der Waals surface area contributed by atoms with Crippen molar-refractivity contribution in [3.63, 3.8) is 0 Å². The van der Waals surface area contributed by atoms with Crippen LogP contribution in [0, 0.1) is 0 Å². The zero-order chi connectivity index (χ0) is 32.8. The highest BCUT2D eigenvalue weighted by atomic mass is 19.3. The van der Waals surface area contributed by atoms with Crippen LogP contribution in [0.5, 0.6) is 23.0 Å². The SMILES string of the molecule is O=C(NC1CN(C(F)(F)C(=O)OF)CC1c1oc2ccc(O)c(C(=O)c3c(O)cccc3C(=O)O)c2c1O)c1ccc(O)cc1. The van der Waals surface area contributed by atoms with E-state index in [0.717, 1.165) is 30.3 Å². The van der Waals surface area contributed by atoms with Gasteiger partial charge in [0.25, 0.3) is 5.91 Å². The number of carbonyl (C=O) groups excluding carboxylic acids is 3. The van der Waals surface area contributed by atoms with Crippen LogP contribution in [-0.2, 0) is 9.74 Å². The molecular weight excluding hydrogens is 609 g/mol. The molecule has 0 aliphatic carbocycles. The van der Waals surface area contributed by atoms with Crippen LogP contribution in [0.1, 0.15) is 48.3 Å². The van der Waals surface area contributed by atoms with Crippen LogP contribution in [0.2, 0.25) is 0 Å². The number of hydrogen-bond donors (Lipinski definition) is 6. The lowest BCUT2D eigenvalue weighted by Gasteiger charge is -2.23. The third kappa shape index (κ3) is 5.31. The summed E-state index contributed by atoms with van der Waals surface area (Å²) < 4.78 is 47.8. The predicted molar refractivity (Wildman–Crippen MR) is 144 cm³/mol.